The van der Waals surface area contributed by atoms with Gasteiger partial charge in [0, 0.05) is 60.6 Å². The van der Waals surface area contributed by atoms with Gasteiger partial charge in [0.15, 0.2) is 0 Å². The van der Waals surface area contributed by atoms with Crippen LogP contribution in [0.15, 0.2) is 73.1 Å². The average Bonchev–Trinajstić information content (AvgIpc) is 3.34. The van der Waals surface area contributed by atoms with E-state index < -0.39 is 0 Å². The van der Waals surface area contributed by atoms with E-state index in [4.69, 9.17) is 0 Å². The second kappa shape index (κ2) is 9.05. The molecule has 8 heteroatoms. The molecule has 0 spiro atoms. The Bertz CT molecular complexity index is 1600. The maximum atomic E-state index is 15.3. The van der Waals surface area contributed by atoms with Gasteiger partial charge >= 0.3 is 0 Å². The molecule has 0 bridgehead atoms. The number of aromatic amines is 1. The quantitative estimate of drug-likeness (QED) is 0.373. The van der Waals surface area contributed by atoms with Crippen LogP contribution in [0.3, 0.4) is 0 Å². The SMILES string of the molecule is CN1CCN(Cc2ccc(-c3ccc4nccc(Nc5ccc6[nH]ncc6c5)c4c3)c(F)c2)CC1=O. The van der Waals surface area contributed by atoms with Crippen molar-refractivity contribution < 1.29 is 9.18 Å². The lowest BCUT2D eigenvalue weighted by molar-refractivity contribution is -0.134. The fourth-order valence-electron chi connectivity index (χ4n) is 4.69. The van der Waals surface area contributed by atoms with Gasteiger partial charge in [-0.3, -0.25) is 19.8 Å². The van der Waals surface area contributed by atoms with Gasteiger partial charge in [-0.15, -0.1) is 0 Å². The molecular formula is C28H25FN6O. The van der Waals surface area contributed by atoms with E-state index in [1.807, 2.05) is 61.6 Å². The molecule has 0 unspecified atom stereocenters. The summed E-state index contributed by atoms with van der Waals surface area (Å²) >= 11 is 0. The van der Waals surface area contributed by atoms with Crippen molar-refractivity contribution in [2.75, 3.05) is 32.0 Å². The fourth-order valence-corrected chi connectivity index (χ4v) is 4.69. The molecule has 1 aliphatic heterocycles. The van der Waals surface area contributed by atoms with Crippen molar-refractivity contribution in [2.45, 2.75) is 6.54 Å². The lowest BCUT2D eigenvalue weighted by Crippen LogP contribution is -2.47. The van der Waals surface area contributed by atoms with Crippen molar-refractivity contribution in [3.05, 3.63) is 84.4 Å². The topological polar surface area (TPSA) is 77.2 Å². The number of fused-ring (bicyclic) bond motifs is 2. The first kappa shape index (κ1) is 22.2. The Hall–Kier alpha value is -4.30. The molecule has 2 N–H and O–H groups in total. The number of hydrogen-bond acceptors (Lipinski definition) is 5. The zero-order chi connectivity index (χ0) is 24.6. The monoisotopic (exact) mass is 480 g/mol. The Kier molecular flexibility index (Phi) is 5.58. The van der Waals surface area contributed by atoms with Crippen LogP contribution >= 0.6 is 0 Å². The number of likely N-dealkylation sites (N-methyl/N-ethyl adjacent to an activating group) is 1. The molecule has 5 aromatic rings. The highest BCUT2D eigenvalue weighted by molar-refractivity contribution is 5.96. The van der Waals surface area contributed by atoms with Crippen molar-refractivity contribution in [3.63, 3.8) is 0 Å². The summed E-state index contributed by atoms with van der Waals surface area (Å²) in [4.78, 5) is 20.3. The Labute approximate surface area is 207 Å². The normalized spacial score (nSPS) is 14.6. The number of benzene rings is 3. The molecule has 1 fully saturated rings. The molecule has 0 radical (unpaired) electrons. The zero-order valence-electron chi connectivity index (χ0n) is 19.8. The summed E-state index contributed by atoms with van der Waals surface area (Å²) in [6.07, 6.45) is 3.55. The van der Waals surface area contributed by atoms with E-state index in [-0.39, 0.29) is 11.7 Å². The van der Waals surface area contributed by atoms with Crippen molar-refractivity contribution in [2.24, 2.45) is 0 Å². The first-order valence-corrected chi connectivity index (χ1v) is 11.9. The number of carbonyl (C=O) groups excluding carboxylic acids is 1. The molecule has 2 aromatic heterocycles. The van der Waals surface area contributed by atoms with E-state index in [0.29, 0.717) is 25.2 Å². The largest absolute Gasteiger partial charge is 0.355 e. The third-order valence-electron chi connectivity index (χ3n) is 6.75. The predicted octanol–water partition coefficient (Wildman–Crippen LogP) is 4.93. The van der Waals surface area contributed by atoms with Crippen LogP contribution in [0.4, 0.5) is 15.8 Å². The van der Waals surface area contributed by atoms with Crippen molar-refractivity contribution in [1.29, 1.82) is 0 Å². The smallest absolute Gasteiger partial charge is 0.236 e. The van der Waals surface area contributed by atoms with Crippen molar-refractivity contribution in [1.82, 2.24) is 25.0 Å². The molecule has 1 amide bonds. The number of nitrogens with zero attached hydrogens (tertiary/aromatic N) is 4. The highest BCUT2D eigenvalue weighted by Crippen LogP contribution is 2.32. The van der Waals surface area contributed by atoms with Crippen LogP contribution in [-0.2, 0) is 11.3 Å². The highest BCUT2D eigenvalue weighted by Gasteiger charge is 2.21. The van der Waals surface area contributed by atoms with E-state index in [2.05, 4.69) is 25.4 Å². The van der Waals surface area contributed by atoms with Gasteiger partial charge in [-0.05, 0) is 53.6 Å². The Morgan fingerprint density at radius 3 is 2.83 bits per heavy atom. The van der Waals surface area contributed by atoms with Crippen LogP contribution in [0.5, 0.6) is 0 Å². The second-order valence-electron chi connectivity index (χ2n) is 9.23. The molecule has 1 aliphatic rings. The molecule has 0 aliphatic carbocycles. The number of aromatic nitrogens is 3. The minimum atomic E-state index is -0.281. The number of nitrogens with one attached hydrogen (secondary N) is 2. The van der Waals surface area contributed by atoms with Gasteiger partial charge in [0.25, 0.3) is 0 Å². The fraction of sp³-hybridized carbons (Fsp3) is 0.179. The van der Waals surface area contributed by atoms with Crippen LogP contribution in [-0.4, -0.2) is 57.6 Å². The number of H-pyrrole nitrogens is 1. The number of rotatable bonds is 5. The van der Waals surface area contributed by atoms with Gasteiger partial charge in [0.1, 0.15) is 5.82 Å². The number of anilines is 2. The minimum absolute atomic E-state index is 0.0946. The third-order valence-corrected chi connectivity index (χ3v) is 6.75. The molecule has 3 aromatic carbocycles. The first-order chi connectivity index (χ1) is 17.5. The molecule has 36 heavy (non-hydrogen) atoms. The standard InChI is InChI=1S/C28H25FN6O/c1-34-10-11-35(17-28(34)36)16-18-2-5-22(24(29)12-18)19-3-6-26-23(14-19)27(8-9-30-26)32-21-4-7-25-20(13-21)15-31-33-25/h2-9,12-15H,10-11,16-17H2,1H3,(H,30,32)(H,31,33). The minimum Gasteiger partial charge on any atom is -0.355 e. The summed E-state index contributed by atoms with van der Waals surface area (Å²) < 4.78 is 15.3. The molecule has 0 saturated carbocycles. The van der Waals surface area contributed by atoms with Crippen LogP contribution in [0.25, 0.3) is 32.9 Å². The van der Waals surface area contributed by atoms with Gasteiger partial charge in [-0.1, -0.05) is 18.2 Å². The number of hydrogen-bond donors (Lipinski definition) is 2. The van der Waals surface area contributed by atoms with Crippen molar-refractivity contribution >= 4 is 39.1 Å². The van der Waals surface area contributed by atoms with E-state index >= 15 is 4.39 Å². The molecule has 3 heterocycles. The summed E-state index contributed by atoms with van der Waals surface area (Å²) in [6, 6.07) is 19.0. The van der Waals surface area contributed by atoms with Crippen LogP contribution < -0.4 is 5.32 Å². The van der Waals surface area contributed by atoms with E-state index in [9.17, 15) is 4.79 Å². The Balaban J connectivity index is 1.28. The van der Waals surface area contributed by atoms with E-state index in [0.717, 1.165) is 50.9 Å². The molecule has 180 valence electrons. The van der Waals surface area contributed by atoms with E-state index in [1.165, 1.54) is 0 Å². The van der Waals surface area contributed by atoms with Gasteiger partial charge in [0.05, 0.1) is 23.8 Å². The first-order valence-electron chi connectivity index (χ1n) is 11.9. The van der Waals surface area contributed by atoms with Gasteiger partial charge in [-0.2, -0.15) is 5.10 Å². The van der Waals surface area contributed by atoms with Crippen molar-refractivity contribution in [3.8, 4) is 11.1 Å². The summed E-state index contributed by atoms with van der Waals surface area (Å²) in [6.45, 7) is 2.39. The number of amides is 1. The van der Waals surface area contributed by atoms with Crippen LogP contribution in [0.2, 0.25) is 0 Å². The average molecular weight is 481 g/mol. The highest BCUT2D eigenvalue weighted by atomic mass is 19.1. The number of halogens is 1. The number of carbonyl (C=O) groups is 1. The third kappa shape index (κ3) is 4.27. The van der Waals surface area contributed by atoms with Gasteiger partial charge in [0.2, 0.25) is 5.91 Å². The van der Waals surface area contributed by atoms with Crippen LogP contribution in [0, 0.1) is 5.82 Å². The zero-order valence-corrected chi connectivity index (χ0v) is 19.8. The van der Waals surface area contributed by atoms with Gasteiger partial charge < -0.3 is 10.2 Å². The number of piperazine rings is 1. The second-order valence-corrected chi connectivity index (χ2v) is 9.23. The van der Waals surface area contributed by atoms with Crippen LogP contribution in [0.1, 0.15) is 5.56 Å². The molecule has 0 atom stereocenters. The Morgan fingerprint density at radius 2 is 1.97 bits per heavy atom. The lowest BCUT2D eigenvalue weighted by Gasteiger charge is -2.31. The number of pyridine rings is 1. The lowest BCUT2D eigenvalue weighted by atomic mass is 10.00. The maximum Gasteiger partial charge on any atom is 0.236 e. The van der Waals surface area contributed by atoms with Gasteiger partial charge in [-0.25, -0.2) is 4.39 Å². The summed E-state index contributed by atoms with van der Waals surface area (Å²) in [7, 11) is 1.81. The summed E-state index contributed by atoms with van der Waals surface area (Å²) in [5, 5.41) is 12.4. The van der Waals surface area contributed by atoms with E-state index in [1.54, 1.807) is 23.4 Å². The Morgan fingerprint density at radius 1 is 1.06 bits per heavy atom. The molecule has 6 rings (SSSR count). The maximum absolute atomic E-state index is 15.3. The predicted molar refractivity (Wildman–Crippen MR) is 139 cm³/mol. The molecule has 7 nitrogen and oxygen atoms in total. The molecular weight excluding hydrogens is 455 g/mol. The molecule has 1 saturated heterocycles. The summed E-state index contributed by atoms with van der Waals surface area (Å²) in [5.74, 6) is -0.187. The summed E-state index contributed by atoms with van der Waals surface area (Å²) in [5.41, 5.74) is 5.78.